The van der Waals surface area contributed by atoms with Crippen LogP contribution >= 0.6 is 0 Å². The highest BCUT2D eigenvalue weighted by Crippen LogP contribution is 2.18. The lowest BCUT2D eigenvalue weighted by Crippen LogP contribution is -2.31. The Balaban J connectivity index is 1.98. The average Bonchev–Trinajstić information content (AvgIpc) is 2.21. The Kier molecular flexibility index (Phi) is 5.66. The zero-order valence-electron chi connectivity index (χ0n) is 9.47. The van der Waals surface area contributed by atoms with Gasteiger partial charge in [0.15, 0.2) is 0 Å². The maximum Gasteiger partial charge on any atom is 0.0576 e. The molecule has 1 N–H and O–H groups in total. The van der Waals surface area contributed by atoms with Crippen molar-refractivity contribution in [3.05, 3.63) is 0 Å². The lowest BCUT2D eigenvalue weighted by atomic mass is 9.94. The third kappa shape index (κ3) is 4.64. The van der Waals surface area contributed by atoms with Crippen LogP contribution in [0.15, 0.2) is 0 Å². The van der Waals surface area contributed by atoms with Crippen molar-refractivity contribution < 1.29 is 0 Å². The van der Waals surface area contributed by atoms with Gasteiger partial charge < -0.3 is 10.2 Å². The van der Waals surface area contributed by atoms with Crippen LogP contribution < -0.4 is 5.32 Å². The number of likely N-dealkylation sites (tertiary alicyclic amines) is 1. The maximum atomic E-state index is 3.36. The van der Waals surface area contributed by atoms with E-state index in [9.17, 15) is 0 Å². The van der Waals surface area contributed by atoms with Gasteiger partial charge in [-0.2, -0.15) is 0 Å². The van der Waals surface area contributed by atoms with E-state index >= 15 is 0 Å². The van der Waals surface area contributed by atoms with Crippen molar-refractivity contribution in [2.24, 2.45) is 5.92 Å². The lowest BCUT2D eigenvalue weighted by Gasteiger charge is -2.28. The van der Waals surface area contributed by atoms with Gasteiger partial charge >= 0.3 is 0 Å². The van der Waals surface area contributed by atoms with Gasteiger partial charge in [0, 0.05) is 0 Å². The summed E-state index contributed by atoms with van der Waals surface area (Å²) in [6.07, 6.45) is 4.06. The first kappa shape index (κ1) is 11.6. The second-order valence-corrected chi connectivity index (χ2v) is 4.14. The molecule has 2 nitrogen and oxygen atoms in total. The van der Waals surface area contributed by atoms with Crippen LogP contribution in [-0.2, 0) is 0 Å². The van der Waals surface area contributed by atoms with Crippen LogP contribution in [-0.4, -0.2) is 38.1 Å². The summed E-state index contributed by atoms with van der Waals surface area (Å²) in [5, 5.41) is 3.36. The molecule has 1 rings (SSSR count). The monoisotopic (exact) mass is 194 g/mol. The molecule has 0 atom stereocenters. The van der Waals surface area contributed by atoms with Gasteiger partial charge in [0.1, 0.15) is 0 Å². The molecule has 1 aliphatic heterocycles. The first-order valence-corrected chi connectivity index (χ1v) is 5.62. The minimum absolute atomic E-state index is 0.850. The summed E-state index contributed by atoms with van der Waals surface area (Å²) in [7, 11) is 2.21. The first-order valence-electron chi connectivity index (χ1n) is 5.62. The number of nitrogens with zero attached hydrogens (tertiary/aromatic N) is 1. The Bertz CT molecular complexity index is 194. The molecule has 0 aromatic rings. The molecule has 14 heavy (non-hydrogen) atoms. The van der Waals surface area contributed by atoms with Crippen molar-refractivity contribution in [2.75, 3.05) is 33.2 Å². The van der Waals surface area contributed by atoms with E-state index in [2.05, 4.69) is 29.1 Å². The van der Waals surface area contributed by atoms with Gasteiger partial charge in [-0.1, -0.05) is 5.92 Å². The fourth-order valence-corrected chi connectivity index (χ4v) is 1.90. The minimum atomic E-state index is 0.850. The molecule has 0 aliphatic carbocycles. The maximum absolute atomic E-state index is 3.36. The third-order valence-electron chi connectivity index (χ3n) is 2.96. The summed E-state index contributed by atoms with van der Waals surface area (Å²) in [6, 6.07) is 0. The normalized spacial score (nSPS) is 19.0. The Labute approximate surface area is 88.1 Å². The number of hydrogen-bond donors (Lipinski definition) is 1. The summed E-state index contributed by atoms with van der Waals surface area (Å²) in [4.78, 5) is 2.42. The molecular formula is C12H22N2. The summed E-state index contributed by atoms with van der Waals surface area (Å²) < 4.78 is 0. The molecule has 0 saturated carbocycles. The van der Waals surface area contributed by atoms with E-state index in [1.165, 1.54) is 32.4 Å². The summed E-state index contributed by atoms with van der Waals surface area (Å²) in [5.41, 5.74) is 0. The van der Waals surface area contributed by atoms with E-state index in [4.69, 9.17) is 0 Å². The zero-order valence-corrected chi connectivity index (χ0v) is 9.47. The quantitative estimate of drug-likeness (QED) is 0.536. The van der Waals surface area contributed by atoms with Crippen molar-refractivity contribution in [2.45, 2.75) is 26.2 Å². The number of rotatable bonds is 4. The van der Waals surface area contributed by atoms with Gasteiger partial charge in [0.2, 0.25) is 0 Å². The van der Waals surface area contributed by atoms with E-state index in [1.807, 2.05) is 6.92 Å². The average molecular weight is 194 g/mol. The van der Waals surface area contributed by atoms with Crippen molar-refractivity contribution in [1.29, 1.82) is 0 Å². The summed E-state index contributed by atoms with van der Waals surface area (Å²) in [6.45, 7) is 6.42. The van der Waals surface area contributed by atoms with Gasteiger partial charge in [-0.15, -0.1) is 5.92 Å². The fraction of sp³-hybridized carbons (Fsp3) is 0.833. The van der Waals surface area contributed by atoms with E-state index in [0.29, 0.717) is 0 Å². The topological polar surface area (TPSA) is 15.3 Å². The smallest absolute Gasteiger partial charge is 0.0576 e. The molecule has 0 aromatic carbocycles. The van der Waals surface area contributed by atoms with Crippen LogP contribution in [0.5, 0.6) is 0 Å². The third-order valence-corrected chi connectivity index (χ3v) is 2.96. The van der Waals surface area contributed by atoms with Gasteiger partial charge in [0.05, 0.1) is 6.54 Å². The fourth-order valence-electron chi connectivity index (χ4n) is 1.90. The predicted octanol–water partition coefficient (Wildman–Crippen LogP) is 1.33. The number of piperidine rings is 1. The van der Waals surface area contributed by atoms with Crippen LogP contribution in [0, 0.1) is 17.8 Å². The van der Waals surface area contributed by atoms with Crippen LogP contribution in [0.3, 0.4) is 0 Å². The summed E-state index contributed by atoms with van der Waals surface area (Å²) >= 11 is 0. The molecule has 1 aliphatic rings. The summed E-state index contributed by atoms with van der Waals surface area (Å²) in [5.74, 6) is 6.85. The lowest BCUT2D eigenvalue weighted by molar-refractivity contribution is 0.212. The van der Waals surface area contributed by atoms with E-state index in [0.717, 1.165) is 19.0 Å². The molecule has 1 heterocycles. The Hall–Kier alpha value is -0.520. The van der Waals surface area contributed by atoms with Crippen LogP contribution in [0.4, 0.5) is 0 Å². The molecule has 80 valence electrons. The second-order valence-electron chi connectivity index (χ2n) is 4.14. The molecular weight excluding hydrogens is 172 g/mol. The van der Waals surface area contributed by atoms with Crippen molar-refractivity contribution in [1.82, 2.24) is 10.2 Å². The van der Waals surface area contributed by atoms with E-state index < -0.39 is 0 Å². The Morgan fingerprint density at radius 2 is 2.07 bits per heavy atom. The molecule has 0 aromatic heterocycles. The molecule has 1 saturated heterocycles. The minimum Gasteiger partial charge on any atom is -0.306 e. The molecule has 0 amide bonds. The molecule has 0 radical (unpaired) electrons. The van der Waals surface area contributed by atoms with Crippen molar-refractivity contribution in [3.8, 4) is 11.8 Å². The predicted molar refractivity (Wildman–Crippen MR) is 61.2 cm³/mol. The second kappa shape index (κ2) is 6.86. The molecule has 1 fully saturated rings. The first-order chi connectivity index (χ1) is 6.83. The number of nitrogens with one attached hydrogen (secondary N) is 1. The van der Waals surface area contributed by atoms with Gasteiger partial charge in [0.25, 0.3) is 0 Å². The van der Waals surface area contributed by atoms with Gasteiger partial charge in [-0.25, -0.2) is 0 Å². The molecule has 0 bridgehead atoms. The van der Waals surface area contributed by atoms with Crippen LogP contribution in [0.25, 0.3) is 0 Å². The van der Waals surface area contributed by atoms with Gasteiger partial charge in [-0.3, -0.25) is 0 Å². The SMILES string of the molecule is CC#CCNCCC1CCN(C)CC1. The van der Waals surface area contributed by atoms with Crippen molar-refractivity contribution >= 4 is 0 Å². The highest BCUT2D eigenvalue weighted by molar-refractivity contribution is 4.96. The van der Waals surface area contributed by atoms with Gasteiger partial charge in [-0.05, 0) is 58.8 Å². The zero-order chi connectivity index (χ0) is 10.2. The van der Waals surface area contributed by atoms with E-state index in [1.54, 1.807) is 0 Å². The Morgan fingerprint density at radius 3 is 2.71 bits per heavy atom. The highest BCUT2D eigenvalue weighted by Gasteiger charge is 2.15. The molecule has 0 unspecified atom stereocenters. The Morgan fingerprint density at radius 1 is 1.36 bits per heavy atom. The van der Waals surface area contributed by atoms with Crippen LogP contribution in [0.1, 0.15) is 26.2 Å². The standard InChI is InChI=1S/C12H22N2/c1-3-4-8-13-9-5-12-6-10-14(2)11-7-12/h12-13H,5-11H2,1-2H3. The van der Waals surface area contributed by atoms with Crippen molar-refractivity contribution in [3.63, 3.8) is 0 Å². The molecule has 2 heteroatoms. The number of hydrogen-bond acceptors (Lipinski definition) is 2. The highest BCUT2D eigenvalue weighted by atomic mass is 15.1. The molecule has 0 spiro atoms. The van der Waals surface area contributed by atoms with Crippen LogP contribution in [0.2, 0.25) is 0 Å². The largest absolute Gasteiger partial charge is 0.306 e. The van der Waals surface area contributed by atoms with E-state index in [-0.39, 0.29) is 0 Å².